The Morgan fingerprint density at radius 3 is 2.46 bits per heavy atom. The molecule has 0 saturated carbocycles. The van der Waals surface area contributed by atoms with Crippen LogP contribution in [0.25, 0.3) is 0 Å². The molecule has 0 radical (unpaired) electrons. The first-order valence-corrected chi connectivity index (χ1v) is 8.44. The van der Waals surface area contributed by atoms with E-state index in [0.29, 0.717) is 16.3 Å². The Balaban J connectivity index is 2.03. The third-order valence-corrected chi connectivity index (χ3v) is 4.69. The van der Waals surface area contributed by atoms with Gasteiger partial charge < -0.3 is 9.84 Å². The summed E-state index contributed by atoms with van der Waals surface area (Å²) in [6.45, 7) is 3.56. The zero-order chi connectivity index (χ0) is 18.8. The normalized spacial score (nSPS) is 14.0. The number of aliphatic hydroxyl groups is 1. The van der Waals surface area contributed by atoms with Gasteiger partial charge in [0.15, 0.2) is 0 Å². The predicted molar refractivity (Wildman–Crippen MR) is 96.5 cm³/mol. The van der Waals surface area contributed by atoms with E-state index in [2.05, 4.69) is 10.1 Å². The molecular weight excluding hydrogens is 357 g/mol. The van der Waals surface area contributed by atoms with Crippen molar-refractivity contribution in [3.8, 4) is 5.75 Å². The van der Waals surface area contributed by atoms with Crippen LogP contribution < -0.4 is 4.74 Å². The van der Waals surface area contributed by atoms with E-state index in [0.717, 1.165) is 0 Å². The van der Waals surface area contributed by atoms with Crippen LogP contribution in [0.2, 0.25) is 5.02 Å². The molecule has 0 aliphatic carbocycles. The van der Waals surface area contributed by atoms with Gasteiger partial charge in [-0.25, -0.2) is 14.1 Å². The van der Waals surface area contributed by atoms with Crippen molar-refractivity contribution in [3.05, 3.63) is 77.6 Å². The highest BCUT2D eigenvalue weighted by Gasteiger charge is 2.48. The van der Waals surface area contributed by atoms with E-state index in [1.54, 1.807) is 38.1 Å². The van der Waals surface area contributed by atoms with Gasteiger partial charge in [0.1, 0.15) is 35.4 Å². The van der Waals surface area contributed by atoms with Gasteiger partial charge in [-0.15, -0.1) is 0 Å². The summed E-state index contributed by atoms with van der Waals surface area (Å²) in [5.41, 5.74) is -2.17. The van der Waals surface area contributed by atoms with Crippen molar-refractivity contribution in [1.29, 1.82) is 0 Å². The second-order valence-electron chi connectivity index (χ2n) is 6.50. The average molecular weight is 376 g/mol. The summed E-state index contributed by atoms with van der Waals surface area (Å²) in [5.74, 6) is 0.0555. The first-order valence-electron chi connectivity index (χ1n) is 8.06. The van der Waals surface area contributed by atoms with Gasteiger partial charge >= 0.3 is 0 Å². The Kier molecular flexibility index (Phi) is 4.98. The summed E-state index contributed by atoms with van der Waals surface area (Å²) in [5, 5.41) is 16.2. The van der Waals surface area contributed by atoms with Crippen LogP contribution in [-0.4, -0.2) is 25.5 Å². The second-order valence-corrected chi connectivity index (χ2v) is 6.91. The van der Waals surface area contributed by atoms with Gasteiger partial charge in [0.2, 0.25) is 0 Å². The van der Waals surface area contributed by atoms with Gasteiger partial charge in [0.05, 0.1) is 11.6 Å². The number of aromatic nitrogens is 3. The molecule has 1 aromatic heterocycles. The van der Waals surface area contributed by atoms with Crippen molar-refractivity contribution in [3.63, 3.8) is 0 Å². The highest BCUT2D eigenvalue weighted by Crippen LogP contribution is 2.39. The van der Waals surface area contributed by atoms with Crippen LogP contribution in [0.4, 0.5) is 4.39 Å². The van der Waals surface area contributed by atoms with Crippen LogP contribution >= 0.6 is 11.6 Å². The molecule has 136 valence electrons. The predicted octanol–water partition coefficient (Wildman–Crippen LogP) is 3.82. The van der Waals surface area contributed by atoms with Crippen LogP contribution in [-0.2, 0) is 12.1 Å². The fourth-order valence-electron chi connectivity index (χ4n) is 2.79. The minimum atomic E-state index is -1.53. The number of ether oxygens (including phenoxy) is 1. The smallest absolute Gasteiger partial charge is 0.148 e. The molecule has 2 aromatic carbocycles. The fourth-order valence-corrected chi connectivity index (χ4v) is 2.96. The summed E-state index contributed by atoms with van der Waals surface area (Å²) in [7, 11) is 0. The molecule has 0 amide bonds. The van der Waals surface area contributed by atoms with Crippen molar-refractivity contribution in [2.24, 2.45) is 0 Å². The number of hydrogen-bond donors (Lipinski definition) is 1. The number of benzene rings is 2. The van der Waals surface area contributed by atoms with Crippen molar-refractivity contribution < 1.29 is 14.2 Å². The van der Waals surface area contributed by atoms with Crippen molar-refractivity contribution in [1.82, 2.24) is 14.8 Å². The summed E-state index contributed by atoms with van der Waals surface area (Å²) < 4.78 is 21.0. The van der Waals surface area contributed by atoms with E-state index < -0.39 is 11.2 Å². The minimum Gasteiger partial charge on any atom is -0.483 e. The lowest BCUT2D eigenvalue weighted by Crippen LogP contribution is -2.54. The van der Waals surface area contributed by atoms with Gasteiger partial charge in [-0.3, -0.25) is 0 Å². The molecule has 7 heteroatoms. The number of halogens is 2. The molecule has 3 aromatic rings. The Bertz CT molecular complexity index is 869. The Morgan fingerprint density at radius 1 is 1.15 bits per heavy atom. The molecule has 1 unspecified atom stereocenters. The van der Waals surface area contributed by atoms with Gasteiger partial charge in [-0.1, -0.05) is 35.9 Å². The molecule has 1 atom stereocenters. The topological polar surface area (TPSA) is 60.2 Å². The van der Waals surface area contributed by atoms with E-state index in [1.807, 2.05) is 0 Å². The maximum absolute atomic E-state index is 13.4. The largest absolute Gasteiger partial charge is 0.483 e. The quantitative estimate of drug-likeness (QED) is 0.711. The summed E-state index contributed by atoms with van der Waals surface area (Å²) in [6, 6.07) is 12.7. The molecule has 0 aliphatic heterocycles. The van der Waals surface area contributed by atoms with Gasteiger partial charge in [-0.2, -0.15) is 5.10 Å². The molecule has 1 N–H and O–H groups in total. The molecule has 3 rings (SSSR count). The Morgan fingerprint density at radius 2 is 1.85 bits per heavy atom. The molecule has 0 bridgehead atoms. The fraction of sp³-hybridized carbons (Fsp3) is 0.263. The highest BCUT2D eigenvalue weighted by molar-refractivity contribution is 6.32. The summed E-state index contributed by atoms with van der Waals surface area (Å²) in [6.07, 6.45) is 2.88. The molecule has 0 saturated heterocycles. The average Bonchev–Trinajstić information content (AvgIpc) is 3.10. The Labute approximate surface area is 156 Å². The summed E-state index contributed by atoms with van der Waals surface area (Å²) >= 11 is 6.21. The number of para-hydroxylation sites is 1. The molecule has 0 spiro atoms. The van der Waals surface area contributed by atoms with Crippen LogP contribution in [0.1, 0.15) is 19.4 Å². The van der Waals surface area contributed by atoms with Crippen molar-refractivity contribution in [2.45, 2.75) is 31.6 Å². The first kappa shape index (κ1) is 18.4. The monoisotopic (exact) mass is 375 g/mol. The van der Waals surface area contributed by atoms with Gasteiger partial charge in [-0.05, 0) is 43.7 Å². The van der Waals surface area contributed by atoms with E-state index in [4.69, 9.17) is 16.3 Å². The first-order chi connectivity index (χ1) is 12.3. The van der Waals surface area contributed by atoms with Crippen LogP contribution in [0.3, 0.4) is 0 Å². The van der Waals surface area contributed by atoms with Crippen molar-refractivity contribution >= 4 is 11.6 Å². The molecule has 1 heterocycles. The second kappa shape index (κ2) is 7.05. The van der Waals surface area contributed by atoms with E-state index in [9.17, 15) is 9.50 Å². The lowest BCUT2D eigenvalue weighted by molar-refractivity contribution is -0.133. The van der Waals surface area contributed by atoms with Gasteiger partial charge in [0, 0.05) is 0 Å². The van der Waals surface area contributed by atoms with Crippen LogP contribution in [0.15, 0.2) is 61.2 Å². The van der Waals surface area contributed by atoms with E-state index in [-0.39, 0.29) is 12.4 Å². The molecule has 26 heavy (non-hydrogen) atoms. The third-order valence-electron chi connectivity index (χ3n) is 4.38. The van der Waals surface area contributed by atoms with Crippen molar-refractivity contribution in [2.75, 3.05) is 0 Å². The zero-order valence-electron chi connectivity index (χ0n) is 14.4. The molecular formula is C19H19ClFN3O2. The standard InChI is InChI=1S/C19H19ClFN3O2/c1-18(2,26-17-6-4-3-5-16(17)20)19(25,11-24-13-22-12-23-24)14-7-9-15(21)10-8-14/h3-10,12-13,25H,11H2,1-2H3. The summed E-state index contributed by atoms with van der Waals surface area (Å²) in [4.78, 5) is 3.91. The molecule has 5 nitrogen and oxygen atoms in total. The van der Waals surface area contributed by atoms with E-state index in [1.165, 1.54) is 41.6 Å². The number of hydrogen-bond acceptors (Lipinski definition) is 4. The van der Waals surface area contributed by atoms with E-state index >= 15 is 0 Å². The number of nitrogens with zero attached hydrogens (tertiary/aromatic N) is 3. The molecule has 0 fully saturated rings. The highest BCUT2D eigenvalue weighted by atomic mass is 35.5. The maximum atomic E-state index is 13.4. The van der Waals surface area contributed by atoms with Crippen LogP contribution in [0, 0.1) is 5.82 Å². The van der Waals surface area contributed by atoms with Gasteiger partial charge in [0.25, 0.3) is 0 Å². The lowest BCUT2D eigenvalue weighted by Gasteiger charge is -2.43. The maximum Gasteiger partial charge on any atom is 0.148 e. The lowest BCUT2D eigenvalue weighted by atomic mass is 9.79. The van der Waals surface area contributed by atoms with Crippen LogP contribution in [0.5, 0.6) is 5.75 Å². The third kappa shape index (κ3) is 3.57. The SMILES string of the molecule is CC(C)(Oc1ccccc1Cl)C(O)(Cn1cncn1)c1ccc(F)cc1. The number of rotatable bonds is 6. The zero-order valence-corrected chi connectivity index (χ0v) is 15.2. The minimum absolute atomic E-state index is 0.0656. The Hall–Kier alpha value is -2.44. The molecule has 0 aliphatic rings.